The van der Waals surface area contributed by atoms with Gasteiger partial charge in [0.1, 0.15) is 0 Å². The van der Waals surface area contributed by atoms with Crippen molar-refractivity contribution in [2.24, 2.45) is 16.8 Å². The van der Waals surface area contributed by atoms with Crippen LogP contribution >= 0.6 is 24.0 Å². The van der Waals surface area contributed by atoms with E-state index in [1.165, 1.54) is 13.0 Å². The molecule has 0 amide bonds. The average molecular weight is 468 g/mol. The summed E-state index contributed by atoms with van der Waals surface area (Å²) >= 11 is 0. The highest BCUT2D eigenvalue weighted by atomic mass is 127. The van der Waals surface area contributed by atoms with E-state index in [1.54, 1.807) is 0 Å². The average Bonchev–Trinajstić information content (AvgIpc) is 3.05. The maximum absolute atomic E-state index is 9.23. The summed E-state index contributed by atoms with van der Waals surface area (Å²) in [5.41, 5.74) is 0. The summed E-state index contributed by atoms with van der Waals surface area (Å²) < 4.78 is 0. The lowest BCUT2D eigenvalue weighted by Crippen LogP contribution is -2.41. The number of hydrogen-bond acceptors (Lipinski definition) is 3. The topological polar surface area (TPSA) is 51.1 Å². The van der Waals surface area contributed by atoms with Gasteiger partial charge in [-0.1, -0.05) is 27.2 Å². The van der Waals surface area contributed by atoms with Gasteiger partial charge in [-0.25, -0.2) is 0 Å². The van der Waals surface area contributed by atoms with Crippen molar-refractivity contribution in [1.82, 2.24) is 15.1 Å². The number of nitrogens with zero attached hydrogens (tertiary/aromatic N) is 3. The number of nitrogens with one attached hydrogen (secondary N) is 1. The van der Waals surface area contributed by atoms with Gasteiger partial charge in [0.05, 0.1) is 0 Å². The van der Waals surface area contributed by atoms with Gasteiger partial charge in [-0.15, -0.1) is 24.0 Å². The third kappa shape index (κ3) is 9.43. The van der Waals surface area contributed by atoms with Gasteiger partial charge in [0.2, 0.25) is 0 Å². The van der Waals surface area contributed by atoms with Crippen molar-refractivity contribution >= 4 is 29.9 Å². The minimum Gasteiger partial charge on any atom is -0.396 e. The lowest BCUT2D eigenvalue weighted by Gasteiger charge is -2.25. The number of aliphatic imine (C=N–C) groups is 1. The maximum atomic E-state index is 9.23. The predicted molar refractivity (Wildman–Crippen MR) is 119 cm³/mol. The number of rotatable bonds is 11. The fourth-order valence-corrected chi connectivity index (χ4v) is 3.58. The molecule has 2 N–H and O–H groups in total. The monoisotopic (exact) mass is 468 g/mol. The van der Waals surface area contributed by atoms with Crippen molar-refractivity contribution in [3.63, 3.8) is 0 Å². The van der Waals surface area contributed by atoms with E-state index >= 15 is 0 Å². The summed E-state index contributed by atoms with van der Waals surface area (Å²) in [6, 6.07) is 0. The predicted octanol–water partition coefficient (Wildman–Crippen LogP) is 3.03. The van der Waals surface area contributed by atoms with Crippen molar-refractivity contribution in [2.75, 3.05) is 52.4 Å². The molecule has 1 aliphatic rings. The number of aliphatic hydroxyl groups is 1. The molecule has 6 heteroatoms. The number of guanidine groups is 1. The van der Waals surface area contributed by atoms with Crippen LogP contribution < -0.4 is 5.32 Å². The molecule has 0 aliphatic carbocycles. The van der Waals surface area contributed by atoms with Crippen LogP contribution in [-0.4, -0.2) is 73.3 Å². The highest BCUT2D eigenvalue weighted by Gasteiger charge is 2.26. The molecule has 5 nitrogen and oxygen atoms in total. The summed E-state index contributed by atoms with van der Waals surface area (Å²) in [6.07, 6.45) is 4.43. The molecule has 150 valence electrons. The van der Waals surface area contributed by atoms with Crippen LogP contribution in [0.2, 0.25) is 0 Å². The Balaban J connectivity index is 0.00000576. The molecular weight excluding hydrogens is 427 g/mol. The summed E-state index contributed by atoms with van der Waals surface area (Å²) in [5, 5.41) is 12.7. The third-order valence-electron chi connectivity index (χ3n) is 5.06. The van der Waals surface area contributed by atoms with Crippen LogP contribution in [0.4, 0.5) is 0 Å². The highest BCUT2D eigenvalue weighted by Crippen LogP contribution is 2.18. The number of hydrogen-bond donors (Lipinski definition) is 2. The molecule has 0 bridgehead atoms. The van der Waals surface area contributed by atoms with Crippen molar-refractivity contribution in [1.29, 1.82) is 0 Å². The molecule has 1 heterocycles. The van der Waals surface area contributed by atoms with Crippen LogP contribution in [-0.2, 0) is 0 Å². The van der Waals surface area contributed by atoms with Gasteiger partial charge in [-0.05, 0) is 51.1 Å². The molecule has 0 aromatic heterocycles. The Bertz CT molecular complexity index is 344. The van der Waals surface area contributed by atoms with Gasteiger partial charge >= 0.3 is 0 Å². The third-order valence-corrected chi connectivity index (χ3v) is 5.06. The van der Waals surface area contributed by atoms with Gasteiger partial charge in [0.25, 0.3) is 0 Å². The Labute approximate surface area is 172 Å². The molecule has 0 aromatic carbocycles. The lowest BCUT2D eigenvalue weighted by atomic mass is 10.0. The first-order valence-electron chi connectivity index (χ1n) is 10.0. The molecule has 0 radical (unpaired) electrons. The first-order valence-corrected chi connectivity index (χ1v) is 10.0. The second kappa shape index (κ2) is 15.0. The molecule has 2 atom stereocenters. The summed E-state index contributed by atoms with van der Waals surface area (Å²) in [5.74, 6) is 2.32. The molecule has 25 heavy (non-hydrogen) atoms. The normalized spacial score (nSPS) is 19.2. The highest BCUT2D eigenvalue weighted by molar-refractivity contribution is 14.0. The van der Waals surface area contributed by atoms with Gasteiger partial charge in [0, 0.05) is 39.3 Å². The maximum Gasteiger partial charge on any atom is 0.193 e. The molecule has 0 aromatic rings. The molecule has 0 spiro atoms. The van der Waals surface area contributed by atoms with Crippen molar-refractivity contribution in [3.05, 3.63) is 0 Å². The summed E-state index contributed by atoms with van der Waals surface area (Å²) in [4.78, 5) is 9.85. The van der Waals surface area contributed by atoms with Crippen molar-refractivity contribution in [2.45, 2.75) is 53.4 Å². The van der Waals surface area contributed by atoms with Crippen LogP contribution in [0.5, 0.6) is 0 Å². The number of halogens is 1. The zero-order valence-corrected chi connectivity index (χ0v) is 19.2. The standard InChI is InChI=1S/C19H40N4O.HI/c1-5-9-17(11-13-24)14-21-19(20-6-2)23-12-10-18(16-23)15-22(7-3)8-4;/h17-18,24H,5-16H2,1-4H3,(H,20,21);1H. The lowest BCUT2D eigenvalue weighted by molar-refractivity contribution is 0.252. The van der Waals surface area contributed by atoms with Crippen LogP contribution in [0, 0.1) is 11.8 Å². The van der Waals surface area contributed by atoms with Gasteiger partial charge in [-0.3, -0.25) is 4.99 Å². The smallest absolute Gasteiger partial charge is 0.193 e. The largest absolute Gasteiger partial charge is 0.396 e. The molecule has 1 saturated heterocycles. The van der Waals surface area contributed by atoms with E-state index in [9.17, 15) is 5.11 Å². The van der Waals surface area contributed by atoms with Crippen molar-refractivity contribution in [3.8, 4) is 0 Å². The number of likely N-dealkylation sites (tertiary alicyclic amines) is 1. The van der Waals surface area contributed by atoms with E-state index in [0.29, 0.717) is 5.92 Å². The Kier molecular flexibility index (Phi) is 15.0. The van der Waals surface area contributed by atoms with Gasteiger partial charge in [0.15, 0.2) is 5.96 Å². The van der Waals surface area contributed by atoms with Gasteiger partial charge < -0.3 is 20.2 Å². The Hall–Kier alpha value is -0.0800. The van der Waals surface area contributed by atoms with E-state index in [0.717, 1.165) is 70.4 Å². The minimum absolute atomic E-state index is 0. The van der Waals surface area contributed by atoms with E-state index in [1.807, 2.05) is 0 Å². The van der Waals surface area contributed by atoms with Crippen LogP contribution in [0.1, 0.15) is 53.4 Å². The first-order chi connectivity index (χ1) is 11.7. The fourth-order valence-electron chi connectivity index (χ4n) is 3.58. The Morgan fingerprint density at radius 2 is 1.96 bits per heavy atom. The van der Waals surface area contributed by atoms with Crippen molar-refractivity contribution < 1.29 is 5.11 Å². The molecule has 1 rings (SSSR count). The Morgan fingerprint density at radius 1 is 1.24 bits per heavy atom. The zero-order chi connectivity index (χ0) is 17.8. The molecular formula is C19H41IN4O. The summed E-state index contributed by atoms with van der Waals surface area (Å²) in [6.45, 7) is 16.5. The zero-order valence-electron chi connectivity index (χ0n) is 16.8. The second-order valence-electron chi connectivity index (χ2n) is 6.95. The van der Waals surface area contributed by atoms with Gasteiger partial charge in [-0.2, -0.15) is 0 Å². The van der Waals surface area contributed by atoms with E-state index < -0.39 is 0 Å². The van der Waals surface area contributed by atoms with Crippen LogP contribution in [0.15, 0.2) is 4.99 Å². The van der Waals surface area contributed by atoms with E-state index in [-0.39, 0.29) is 30.6 Å². The van der Waals surface area contributed by atoms with Crippen LogP contribution in [0.25, 0.3) is 0 Å². The second-order valence-corrected chi connectivity index (χ2v) is 6.95. The molecule has 2 unspecified atom stereocenters. The first kappa shape index (κ1) is 24.9. The van der Waals surface area contributed by atoms with E-state index in [2.05, 4.69) is 42.8 Å². The quantitative estimate of drug-likeness (QED) is 0.278. The molecule has 1 aliphatic heterocycles. The molecule has 1 fully saturated rings. The van der Waals surface area contributed by atoms with Crippen LogP contribution in [0.3, 0.4) is 0 Å². The number of aliphatic hydroxyl groups excluding tert-OH is 1. The summed E-state index contributed by atoms with van der Waals surface area (Å²) in [7, 11) is 0. The SMILES string of the molecule is CCCC(CCO)CN=C(NCC)N1CCC(CN(CC)CC)C1.I. The minimum atomic E-state index is 0. The van der Waals surface area contributed by atoms with E-state index in [4.69, 9.17) is 4.99 Å². The Morgan fingerprint density at radius 3 is 2.52 bits per heavy atom. The molecule has 0 saturated carbocycles. The fraction of sp³-hybridized carbons (Fsp3) is 0.947.